The summed E-state index contributed by atoms with van der Waals surface area (Å²) in [5, 5.41) is 4.10. The van der Waals surface area contributed by atoms with Gasteiger partial charge in [0.2, 0.25) is 10.0 Å². The van der Waals surface area contributed by atoms with Crippen LogP contribution in [-0.2, 0) is 31.6 Å². The van der Waals surface area contributed by atoms with Gasteiger partial charge in [-0.05, 0) is 18.2 Å². The normalized spacial score (nSPS) is 12.2. The van der Waals surface area contributed by atoms with Gasteiger partial charge in [0.1, 0.15) is 6.54 Å². The summed E-state index contributed by atoms with van der Waals surface area (Å²) >= 11 is 11.5. The van der Waals surface area contributed by atoms with E-state index in [0.29, 0.717) is 5.82 Å². The summed E-state index contributed by atoms with van der Waals surface area (Å²) < 4.78 is 36.3. The number of benzene rings is 1. The molecule has 142 valence electrons. The van der Waals surface area contributed by atoms with Crippen molar-refractivity contribution in [2.75, 3.05) is 6.54 Å². The van der Waals surface area contributed by atoms with E-state index in [2.05, 4.69) is 14.9 Å². The van der Waals surface area contributed by atoms with E-state index in [4.69, 9.17) is 32.5 Å². The van der Waals surface area contributed by atoms with Gasteiger partial charge in [0.05, 0.1) is 14.9 Å². The van der Waals surface area contributed by atoms with Crippen LogP contribution < -0.4 is 4.72 Å². The number of nitrogens with one attached hydrogen (secondary N) is 1. The Bertz CT molecular complexity index is 906. The fourth-order valence-corrected chi connectivity index (χ4v) is 3.05. The molecule has 2 aromatic rings. The zero-order valence-corrected chi connectivity index (χ0v) is 16.6. The van der Waals surface area contributed by atoms with E-state index in [1.807, 2.05) is 20.8 Å². The maximum Gasteiger partial charge on any atom is 0.321 e. The number of rotatable bonds is 6. The van der Waals surface area contributed by atoms with Crippen LogP contribution in [0.2, 0.25) is 10.0 Å². The van der Waals surface area contributed by atoms with Crippen LogP contribution in [0.3, 0.4) is 0 Å². The van der Waals surface area contributed by atoms with Crippen LogP contribution in [0.15, 0.2) is 27.6 Å². The summed E-state index contributed by atoms with van der Waals surface area (Å²) in [6.07, 6.45) is 0. The molecular weight excluding hydrogens is 405 g/mol. The Labute approximate surface area is 160 Å². The van der Waals surface area contributed by atoms with Gasteiger partial charge in [0.15, 0.2) is 12.4 Å². The van der Waals surface area contributed by atoms with Gasteiger partial charge in [0, 0.05) is 5.41 Å². The Balaban J connectivity index is 1.90. The fraction of sp³-hybridized carbons (Fsp3) is 0.400. The van der Waals surface area contributed by atoms with Crippen molar-refractivity contribution in [2.24, 2.45) is 0 Å². The molecule has 0 aliphatic heterocycles. The maximum atomic E-state index is 12.1. The molecule has 0 fully saturated rings. The maximum absolute atomic E-state index is 12.1. The second kappa shape index (κ2) is 7.91. The number of sulfonamides is 1. The highest BCUT2D eigenvalue weighted by atomic mass is 35.5. The van der Waals surface area contributed by atoms with Gasteiger partial charge in [-0.1, -0.05) is 49.1 Å². The number of aromatic nitrogens is 2. The Hall–Kier alpha value is -1.68. The second-order valence-corrected chi connectivity index (χ2v) is 8.90. The average molecular weight is 422 g/mol. The number of hydrogen-bond acceptors (Lipinski definition) is 7. The lowest BCUT2D eigenvalue weighted by Crippen LogP contribution is -2.30. The minimum absolute atomic E-state index is 0.0863. The van der Waals surface area contributed by atoms with Crippen molar-refractivity contribution in [3.63, 3.8) is 0 Å². The van der Waals surface area contributed by atoms with E-state index >= 15 is 0 Å². The third kappa shape index (κ3) is 5.41. The van der Waals surface area contributed by atoms with Gasteiger partial charge in [-0.3, -0.25) is 4.79 Å². The SMILES string of the molecule is CC(C)(C)c1noc(COC(=O)CNS(=O)(=O)c2ccc(Cl)c(Cl)c2)n1. The van der Waals surface area contributed by atoms with Crippen molar-refractivity contribution in [3.8, 4) is 0 Å². The molecule has 0 bridgehead atoms. The molecule has 2 rings (SSSR count). The highest BCUT2D eigenvalue weighted by Crippen LogP contribution is 2.24. The molecule has 1 aromatic heterocycles. The summed E-state index contributed by atoms with van der Waals surface area (Å²) in [5.41, 5.74) is -0.304. The second-order valence-electron chi connectivity index (χ2n) is 6.32. The van der Waals surface area contributed by atoms with E-state index in [0.717, 1.165) is 0 Å². The van der Waals surface area contributed by atoms with Crippen LogP contribution in [0.25, 0.3) is 0 Å². The summed E-state index contributed by atoms with van der Waals surface area (Å²) in [4.78, 5) is 15.7. The van der Waals surface area contributed by atoms with Crippen LogP contribution in [0.5, 0.6) is 0 Å². The average Bonchev–Trinajstić information content (AvgIpc) is 3.03. The number of nitrogens with zero attached hydrogens (tertiary/aromatic N) is 2. The summed E-state index contributed by atoms with van der Waals surface area (Å²) in [6, 6.07) is 3.80. The Morgan fingerprint density at radius 3 is 2.54 bits per heavy atom. The first-order chi connectivity index (χ1) is 12.0. The molecule has 1 heterocycles. The Morgan fingerprint density at radius 1 is 1.27 bits per heavy atom. The van der Waals surface area contributed by atoms with E-state index in [1.165, 1.54) is 18.2 Å². The molecule has 0 aliphatic rings. The quantitative estimate of drug-likeness (QED) is 0.713. The molecule has 0 saturated carbocycles. The molecule has 0 radical (unpaired) electrons. The van der Waals surface area contributed by atoms with E-state index < -0.39 is 22.5 Å². The fourth-order valence-electron chi connectivity index (χ4n) is 1.69. The summed E-state index contributed by atoms with van der Waals surface area (Å²) in [5.74, 6) is -0.205. The molecule has 0 amide bonds. The molecule has 8 nitrogen and oxygen atoms in total. The van der Waals surface area contributed by atoms with E-state index in [-0.39, 0.29) is 32.9 Å². The van der Waals surface area contributed by atoms with Crippen LogP contribution in [-0.4, -0.2) is 31.1 Å². The highest BCUT2D eigenvalue weighted by molar-refractivity contribution is 7.89. The molecule has 0 spiro atoms. The minimum atomic E-state index is -3.94. The third-order valence-electron chi connectivity index (χ3n) is 3.10. The number of ether oxygens (including phenoxy) is 1. The lowest BCUT2D eigenvalue weighted by atomic mass is 9.96. The van der Waals surface area contributed by atoms with Crippen LogP contribution >= 0.6 is 23.2 Å². The molecular formula is C15H17Cl2N3O5S. The number of halogens is 2. The topological polar surface area (TPSA) is 111 Å². The lowest BCUT2D eigenvalue weighted by molar-refractivity contribution is -0.144. The molecule has 11 heteroatoms. The molecule has 0 atom stereocenters. The number of esters is 1. The monoisotopic (exact) mass is 421 g/mol. The van der Waals surface area contributed by atoms with Crippen molar-refractivity contribution in [3.05, 3.63) is 40.0 Å². The van der Waals surface area contributed by atoms with Crippen LogP contribution in [0.4, 0.5) is 0 Å². The van der Waals surface area contributed by atoms with Gasteiger partial charge >= 0.3 is 5.97 Å². The molecule has 1 N–H and O–H groups in total. The first kappa shape index (κ1) is 20.6. The van der Waals surface area contributed by atoms with Gasteiger partial charge in [-0.15, -0.1) is 0 Å². The number of carbonyl (C=O) groups excluding carboxylic acids is 1. The Morgan fingerprint density at radius 2 is 1.96 bits per heavy atom. The smallest absolute Gasteiger partial charge is 0.321 e. The third-order valence-corrected chi connectivity index (χ3v) is 5.24. The van der Waals surface area contributed by atoms with Crippen molar-refractivity contribution in [1.82, 2.24) is 14.9 Å². The highest BCUT2D eigenvalue weighted by Gasteiger charge is 2.22. The first-order valence-corrected chi connectivity index (χ1v) is 9.66. The predicted octanol–water partition coefficient (Wildman–Crippen LogP) is 2.70. The van der Waals surface area contributed by atoms with Crippen molar-refractivity contribution < 1.29 is 22.5 Å². The van der Waals surface area contributed by atoms with E-state index in [9.17, 15) is 13.2 Å². The molecule has 0 aliphatic carbocycles. The largest absolute Gasteiger partial charge is 0.455 e. The zero-order chi connectivity index (χ0) is 19.5. The zero-order valence-electron chi connectivity index (χ0n) is 14.2. The van der Waals surface area contributed by atoms with Gasteiger partial charge in [0.25, 0.3) is 5.89 Å². The molecule has 0 unspecified atom stereocenters. The Kier molecular flexibility index (Phi) is 6.28. The minimum Gasteiger partial charge on any atom is -0.455 e. The van der Waals surface area contributed by atoms with E-state index in [1.54, 1.807) is 0 Å². The van der Waals surface area contributed by atoms with Crippen molar-refractivity contribution in [2.45, 2.75) is 37.7 Å². The molecule has 0 saturated heterocycles. The molecule has 26 heavy (non-hydrogen) atoms. The first-order valence-electron chi connectivity index (χ1n) is 7.42. The molecule has 1 aromatic carbocycles. The van der Waals surface area contributed by atoms with Crippen molar-refractivity contribution >= 4 is 39.2 Å². The van der Waals surface area contributed by atoms with Gasteiger partial charge in [-0.2, -0.15) is 9.71 Å². The van der Waals surface area contributed by atoms with Crippen molar-refractivity contribution in [1.29, 1.82) is 0 Å². The predicted molar refractivity (Wildman–Crippen MR) is 94.4 cm³/mol. The standard InChI is InChI=1S/C15H17Cl2N3O5S/c1-15(2,3)14-19-12(25-20-14)8-24-13(21)7-18-26(22,23)9-4-5-10(16)11(17)6-9/h4-6,18H,7-8H2,1-3H3. The lowest BCUT2D eigenvalue weighted by Gasteiger charge is -2.10. The number of carbonyl (C=O) groups is 1. The summed E-state index contributed by atoms with van der Waals surface area (Å²) in [6.45, 7) is 4.90. The van der Waals surface area contributed by atoms with Crippen LogP contribution in [0, 0.1) is 0 Å². The van der Waals surface area contributed by atoms with Crippen LogP contribution in [0.1, 0.15) is 32.5 Å². The number of hydrogen-bond donors (Lipinski definition) is 1. The summed E-state index contributed by atoms with van der Waals surface area (Å²) in [7, 11) is -3.94. The van der Waals surface area contributed by atoms with Gasteiger partial charge in [-0.25, -0.2) is 8.42 Å². The van der Waals surface area contributed by atoms with Gasteiger partial charge < -0.3 is 9.26 Å².